The molecule has 0 amide bonds. The summed E-state index contributed by atoms with van der Waals surface area (Å²) in [4.78, 5) is 0. The van der Waals surface area contributed by atoms with Crippen LogP contribution in [0.2, 0.25) is 10.0 Å². The first kappa shape index (κ1) is 12.6. The maximum absolute atomic E-state index is 6.20. The Labute approximate surface area is 118 Å². The van der Waals surface area contributed by atoms with Gasteiger partial charge in [0.15, 0.2) is 0 Å². The molecule has 0 aromatic heterocycles. The molecule has 1 saturated carbocycles. The van der Waals surface area contributed by atoms with Crippen LogP contribution in [0, 0.1) is 11.8 Å². The number of hydrogen-bond donors (Lipinski definition) is 1. The largest absolute Gasteiger partial charge is 0.488 e. The molecule has 18 heavy (non-hydrogen) atoms. The number of hydrogen-bond acceptors (Lipinski definition) is 2. The summed E-state index contributed by atoms with van der Waals surface area (Å²) in [6, 6.07) is 5.59. The van der Waals surface area contributed by atoms with Gasteiger partial charge < -0.3 is 10.1 Å². The highest BCUT2D eigenvalue weighted by Crippen LogP contribution is 2.41. The van der Waals surface area contributed by atoms with E-state index in [2.05, 4.69) is 5.32 Å². The van der Waals surface area contributed by atoms with Gasteiger partial charge in [-0.1, -0.05) is 29.3 Å². The van der Waals surface area contributed by atoms with Crippen molar-refractivity contribution in [2.75, 3.05) is 13.1 Å². The summed E-state index contributed by atoms with van der Waals surface area (Å²) in [6.07, 6.45) is 4.04. The normalized spacial score (nSPS) is 25.1. The second kappa shape index (κ2) is 5.28. The van der Waals surface area contributed by atoms with Crippen LogP contribution < -0.4 is 10.1 Å². The first-order valence-corrected chi connectivity index (χ1v) is 7.32. The lowest BCUT2D eigenvalue weighted by atomic mass is 9.97. The molecule has 0 radical (unpaired) electrons. The summed E-state index contributed by atoms with van der Waals surface area (Å²) >= 11 is 12.2. The maximum atomic E-state index is 6.20. The lowest BCUT2D eigenvalue weighted by Gasteiger charge is -2.25. The molecule has 1 saturated heterocycles. The van der Waals surface area contributed by atoms with Crippen LogP contribution in [0.4, 0.5) is 0 Å². The molecule has 1 aromatic rings. The predicted molar refractivity (Wildman–Crippen MR) is 74.6 cm³/mol. The maximum Gasteiger partial charge on any atom is 0.139 e. The van der Waals surface area contributed by atoms with E-state index >= 15 is 0 Å². The van der Waals surface area contributed by atoms with Crippen molar-refractivity contribution in [3.05, 3.63) is 28.2 Å². The minimum Gasteiger partial charge on any atom is -0.488 e. The zero-order chi connectivity index (χ0) is 12.5. The van der Waals surface area contributed by atoms with Gasteiger partial charge in [-0.05, 0) is 43.9 Å². The Morgan fingerprint density at radius 1 is 1.17 bits per heavy atom. The summed E-state index contributed by atoms with van der Waals surface area (Å²) < 4.78 is 6.18. The standard InChI is InChI=1S/C14H17Cl2NO/c15-11-2-1-3-12(13(11)16)18-14(9-4-5-9)10-6-7-17-8-10/h1-3,9-10,14,17H,4-8H2/t10-,14?/m1/s1. The van der Waals surface area contributed by atoms with E-state index in [-0.39, 0.29) is 6.10 Å². The van der Waals surface area contributed by atoms with Gasteiger partial charge in [0.2, 0.25) is 0 Å². The van der Waals surface area contributed by atoms with Gasteiger partial charge >= 0.3 is 0 Å². The highest BCUT2D eigenvalue weighted by molar-refractivity contribution is 6.42. The van der Waals surface area contributed by atoms with Crippen LogP contribution >= 0.6 is 23.2 Å². The Morgan fingerprint density at radius 3 is 2.67 bits per heavy atom. The Balaban J connectivity index is 1.77. The van der Waals surface area contributed by atoms with E-state index in [0.29, 0.717) is 21.9 Å². The smallest absolute Gasteiger partial charge is 0.139 e. The van der Waals surface area contributed by atoms with Gasteiger partial charge in [0.05, 0.1) is 5.02 Å². The highest BCUT2D eigenvalue weighted by atomic mass is 35.5. The molecule has 0 bridgehead atoms. The van der Waals surface area contributed by atoms with Crippen molar-refractivity contribution in [2.24, 2.45) is 11.8 Å². The molecule has 0 spiro atoms. The third kappa shape index (κ3) is 2.61. The van der Waals surface area contributed by atoms with Gasteiger partial charge in [-0.15, -0.1) is 0 Å². The van der Waals surface area contributed by atoms with Crippen molar-refractivity contribution in [1.29, 1.82) is 0 Å². The van der Waals surface area contributed by atoms with E-state index in [0.717, 1.165) is 18.8 Å². The fraction of sp³-hybridized carbons (Fsp3) is 0.571. The van der Waals surface area contributed by atoms with Gasteiger partial charge in [0.25, 0.3) is 0 Å². The van der Waals surface area contributed by atoms with E-state index in [1.54, 1.807) is 6.07 Å². The van der Waals surface area contributed by atoms with Gasteiger partial charge in [-0.25, -0.2) is 0 Å². The molecule has 2 aliphatic rings. The molecule has 1 heterocycles. The van der Waals surface area contributed by atoms with Crippen molar-refractivity contribution in [2.45, 2.75) is 25.4 Å². The Kier molecular flexibility index (Phi) is 3.69. The van der Waals surface area contributed by atoms with Crippen molar-refractivity contribution in [1.82, 2.24) is 5.32 Å². The summed E-state index contributed by atoms with van der Waals surface area (Å²) in [5.41, 5.74) is 0. The average molecular weight is 286 g/mol. The van der Waals surface area contributed by atoms with E-state index in [1.807, 2.05) is 12.1 Å². The molecule has 4 heteroatoms. The molecule has 2 atom stereocenters. The van der Waals surface area contributed by atoms with Gasteiger partial charge in [-0.3, -0.25) is 0 Å². The van der Waals surface area contributed by atoms with E-state index in [9.17, 15) is 0 Å². The van der Waals surface area contributed by atoms with Crippen LogP contribution in [0.3, 0.4) is 0 Å². The minimum atomic E-state index is 0.288. The molecule has 98 valence electrons. The Hall–Kier alpha value is -0.440. The number of rotatable bonds is 4. The van der Waals surface area contributed by atoms with Crippen LogP contribution in [0.5, 0.6) is 5.75 Å². The third-order valence-electron chi connectivity index (χ3n) is 3.83. The van der Waals surface area contributed by atoms with Crippen LogP contribution in [0.25, 0.3) is 0 Å². The van der Waals surface area contributed by atoms with Crippen LogP contribution in [-0.2, 0) is 0 Å². The molecule has 1 aliphatic carbocycles. The van der Waals surface area contributed by atoms with Crippen molar-refractivity contribution in [3.8, 4) is 5.75 Å². The topological polar surface area (TPSA) is 21.3 Å². The highest BCUT2D eigenvalue weighted by Gasteiger charge is 2.39. The van der Waals surface area contributed by atoms with Gasteiger partial charge in [0.1, 0.15) is 16.9 Å². The molecule has 2 nitrogen and oxygen atoms in total. The second-order valence-electron chi connectivity index (χ2n) is 5.22. The van der Waals surface area contributed by atoms with Crippen LogP contribution in [-0.4, -0.2) is 19.2 Å². The number of nitrogens with one attached hydrogen (secondary N) is 1. The molecule has 1 N–H and O–H groups in total. The minimum absolute atomic E-state index is 0.288. The summed E-state index contributed by atoms with van der Waals surface area (Å²) in [7, 11) is 0. The lowest BCUT2D eigenvalue weighted by molar-refractivity contribution is 0.121. The molecule has 1 unspecified atom stereocenters. The fourth-order valence-electron chi connectivity index (χ4n) is 2.68. The molecule has 1 aromatic carbocycles. The molecule has 3 rings (SSSR count). The summed E-state index contributed by atoms with van der Waals surface area (Å²) in [5, 5.41) is 4.51. The zero-order valence-electron chi connectivity index (χ0n) is 10.2. The molecule has 2 fully saturated rings. The average Bonchev–Trinajstić information content (AvgIpc) is 3.06. The van der Waals surface area contributed by atoms with Crippen molar-refractivity contribution < 1.29 is 4.74 Å². The van der Waals surface area contributed by atoms with Gasteiger partial charge in [0, 0.05) is 12.5 Å². The number of ether oxygens (including phenoxy) is 1. The second-order valence-corrected chi connectivity index (χ2v) is 6.01. The van der Waals surface area contributed by atoms with Crippen molar-refractivity contribution in [3.63, 3.8) is 0 Å². The monoisotopic (exact) mass is 285 g/mol. The summed E-state index contributed by atoms with van der Waals surface area (Å²) in [5.74, 6) is 2.03. The van der Waals surface area contributed by atoms with Crippen LogP contribution in [0.15, 0.2) is 18.2 Å². The molecular formula is C14H17Cl2NO. The first-order valence-electron chi connectivity index (χ1n) is 6.57. The van der Waals surface area contributed by atoms with E-state index in [4.69, 9.17) is 27.9 Å². The Morgan fingerprint density at radius 2 is 2.00 bits per heavy atom. The van der Waals surface area contributed by atoms with Crippen LogP contribution in [0.1, 0.15) is 19.3 Å². The van der Waals surface area contributed by atoms with Crippen molar-refractivity contribution >= 4 is 23.2 Å². The SMILES string of the molecule is Clc1cccc(OC(C2CC2)[C@@H]2CCNC2)c1Cl. The predicted octanol–water partition coefficient (Wildman–Crippen LogP) is 3.76. The number of halogens is 2. The van der Waals surface area contributed by atoms with Gasteiger partial charge in [-0.2, -0.15) is 0 Å². The first-order chi connectivity index (χ1) is 8.75. The third-order valence-corrected chi connectivity index (χ3v) is 4.63. The van der Waals surface area contributed by atoms with E-state index < -0.39 is 0 Å². The fourth-order valence-corrected chi connectivity index (χ4v) is 3.02. The summed E-state index contributed by atoms with van der Waals surface area (Å²) in [6.45, 7) is 2.15. The Bertz CT molecular complexity index is 428. The van der Waals surface area contributed by atoms with E-state index in [1.165, 1.54) is 19.3 Å². The lowest BCUT2D eigenvalue weighted by Crippen LogP contribution is -2.30. The quantitative estimate of drug-likeness (QED) is 0.910. The zero-order valence-corrected chi connectivity index (χ0v) is 11.7. The molecular weight excluding hydrogens is 269 g/mol. The molecule has 1 aliphatic heterocycles. The number of benzene rings is 1.